The van der Waals surface area contributed by atoms with Gasteiger partial charge in [-0.15, -0.1) is 11.8 Å². The van der Waals surface area contributed by atoms with E-state index in [2.05, 4.69) is 5.32 Å². The van der Waals surface area contributed by atoms with Gasteiger partial charge < -0.3 is 19.5 Å². The van der Waals surface area contributed by atoms with Crippen molar-refractivity contribution in [3.8, 4) is 0 Å². The van der Waals surface area contributed by atoms with Crippen molar-refractivity contribution in [1.82, 2.24) is 14.8 Å². The molecule has 1 aliphatic rings. The topological polar surface area (TPSA) is 63.6 Å². The van der Waals surface area contributed by atoms with Crippen LogP contribution in [0.1, 0.15) is 34.6 Å². The molecule has 0 saturated carbocycles. The Morgan fingerprint density at radius 2 is 1.83 bits per heavy atom. The molecular weight excluding hydrogens is 386 g/mol. The van der Waals surface area contributed by atoms with Gasteiger partial charge in [0, 0.05) is 40.6 Å². The van der Waals surface area contributed by atoms with E-state index in [0.717, 1.165) is 15.8 Å². The highest BCUT2D eigenvalue weighted by molar-refractivity contribution is 8.00. The summed E-state index contributed by atoms with van der Waals surface area (Å²) in [5.41, 5.74) is 0.763. The predicted octanol–water partition coefficient (Wildman–Crippen LogP) is 3.28. The quantitative estimate of drug-likeness (QED) is 0.759. The molecule has 6 nitrogen and oxygen atoms in total. The first-order chi connectivity index (χ1) is 13.6. The molecule has 0 radical (unpaired) electrons. The maximum absolute atomic E-state index is 12.9. The number of thioether (sulfide) groups is 1. The van der Waals surface area contributed by atoms with Crippen LogP contribution in [0.4, 0.5) is 0 Å². The molecule has 158 valence electrons. The van der Waals surface area contributed by atoms with Crippen molar-refractivity contribution < 1.29 is 14.3 Å². The van der Waals surface area contributed by atoms with E-state index in [4.69, 9.17) is 4.74 Å². The van der Waals surface area contributed by atoms with Gasteiger partial charge in [0.25, 0.3) is 0 Å². The third kappa shape index (κ3) is 5.76. The molecule has 1 saturated heterocycles. The van der Waals surface area contributed by atoms with Crippen molar-refractivity contribution in [2.45, 2.75) is 63.8 Å². The van der Waals surface area contributed by atoms with Crippen LogP contribution in [-0.4, -0.2) is 57.9 Å². The molecule has 2 amide bonds. The van der Waals surface area contributed by atoms with E-state index < -0.39 is 0 Å². The van der Waals surface area contributed by atoms with Crippen LogP contribution in [0.5, 0.6) is 0 Å². The Morgan fingerprint density at radius 3 is 2.48 bits per heavy atom. The maximum Gasteiger partial charge on any atom is 0.242 e. The van der Waals surface area contributed by atoms with E-state index in [9.17, 15) is 9.59 Å². The average molecular weight is 418 g/mol. The molecule has 2 atom stereocenters. The van der Waals surface area contributed by atoms with Gasteiger partial charge in [-0.2, -0.15) is 0 Å². The Morgan fingerprint density at radius 1 is 1.17 bits per heavy atom. The van der Waals surface area contributed by atoms with Gasteiger partial charge in [0.05, 0.1) is 18.0 Å². The van der Waals surface area contributed by atoms with Crippen molar-refractivity contribution >= 4 is 34.5 Å². The standard InChI is InChI=1S/C22H31N3O3S/c1-15-10-25(11-16(2)28-15)21(27)13-24-12-19(17-8-6-7-9-18(17)24)29-14-20(26)23-22(3,4)5/h6-9,12,15-16H,10-11,13-14H2,1-5H3,(H,23,26)/t15-,16-/m0/s1. The highest BCUT2D eigenvalue weighted by Gasteiger charge is 2.26. The van der Waals surface area contributed by atoms with Crippen molar-refractivity contribution in [3.05, 3.63) is 30.5 Å². The molecular formula is C22H31N3O3S. The van der Waals surface area contributed by atoms with Gasteiger partial charge in [-0.25, -0.2) is 0 Å². The van der Waals surface area contributed by atoms with Crippen LogP contribution in [0.2, 0.25) is 0 Å². The number of benzene rings is 1. The average Bonchev–Trinajstić information content (AvgIpc) is 2.95. The number of carbonyl (C=O) groups is 2. The lowest BCUT2D eigenvalue weighted by Gasteiger charge is -2.35. The maximum atomic E-state index is 12.9. The van der Waals surface area contributed by atoms with Gasteiger partial charge in [-0.05, 0) is 40.7 Å². The first kappa shape index (κ1) is 21.7. The number of aromatic nitrogens is 1. The summed E-state index contributed by atoms with van der Waals surface area (Å²) < 4.78 is 7.73. The zero-order valence-electron chi connectivity index (χ0n) is 17.9. The van der Waals surface area contributed by atoms with Gasteiger partial charge in [-0.3, -0.25) is 9.59 Å². The van der Waals surface area contributed by atoms with Gasteiger partial charge in [-0.1, -0.05) is 18.2 Å². The first-order valence-electron chi connectivity index (χ1n) is 10.1. The van der Waals surface area contributed by atoms with E-state index in [1.165, 1.54) is 11.8 Å². The molecule has 1 aromatic heterocycles. The summed E-state index contributed by atoms with van der Waals surface area (Å²) in [6.45, 7) is 11.4. The van der Waals surface area contributed by atoms with Crippen molar-refractivity contribution in [3.63, 3.8) is 0 Å². The molecule has 7 heteroatoms. The lowest BCUT2D eigenvalue weighted by atomic mass is 10.1. The summed E-state index contributed by atoms with van der Waals surface area (Å²) in [5.74, 6) is 0.444. The van der Waals surface area contributed by atoms with Gasteiger partial charge in [0.15, 0.2) is 0 Å². The van der Waals surface area contributed by atoms with Crippen LogP contribution in [0.15, 0.2) is 35.4 Å². The Bertz CT molecular complexity index is 877. The number of ether oxygens (including phenoxy) is 1. The van der Waals surface area contributed by atoms with Crippen molar-refractivity contribution in [2.75, 3.05) is 18.8 Å². The van der Waals surface area contributed by atoms with Crippen LogP contribution in [-0.2, 0) is 20.9 Å². The molecule has 1 fully saturated rings. The normalized spacial score (nSPS) is 20.1. The van der Waals surface area contributed by atoms with Gasteiger partial charge in [0.1, 0.15) is 6.54 Å². The Hall–Kier alpha value is -1.99. The Balaban J connectivity index is 1.74. The molecule has 1 aliphatic heterocycles. The fraction of sp³-hybridized carbons (Fsp3) is 0.545. The van der Waals surface area contributed by atoms with Crippen LogP contribution in [0.25, 0.3) is 10.9 Å². The molecule has 0 aliphatic carbocycles. The summed E-state index contributed by atoms with van der Waals surface area (Å²) in [6, 6.07) is 8.02. The summed E-state index contributed by atoms with van der Waals surface area (Å²) >= 11 is 1.51. The number of nitrogens with zero attached hydrogens (tertiary/aromatic N) is 2. The highest BCUT2D eigenvalue weighted by Crippen LogP contribution is 2.30. The monoisotopic (exact) mass is 417 g/mol. The summed E-state index contributed by atoms with van der Waals surface area (Å²) in [7, 11) is 0. The summed E-state index contributed by atoms with van der Waals surface area (Å²) in [6.07, 6.45) is 2.10. The number of carbonyl (C=O) groups excluding carboxylic acids is 2. The highest BCUT2D eigenvalue weighted by atomic mass is 32.2. The lowest BCUT2D eigenvalue weighted by Crippen LogP contribution is -2.49. The molecule has 0 bridgehead atoms. The van der Waals surface area contributed by atoms with Crippen LogP contribution in [0, 0.1) is 0 Å². The minimum atomic E-state index is -0.246. The molecule has 1 aromatic carbocycles. The molecule has 2 aromatic rings. The fourth-order valence-electron chi connectivity index (χ4n) is 3.68. The molecule has 0 spiro atoms. The van der Waals surface area contributed by atoms with Crippen LogP contribution >= 0.6 is 11.8 Å². The summed E-state index contributed by atoms with van der Waals surface area (Å²) in [5, 5.41) is 4.06. The first-order valence-corrected chi connectivity index (χ1v) is 11.1. The van der Waals surface area contributed by atoms with E-state index in [1.54, 1.807) is 0 Å². The minimum absolute atomic E-state index is 0.00620. The smallest absolute Gasteiger partial charge is 0.242 e. The largest absolute Gasteiger partial charge is 0.372 e. The fourth-order valence-corrected chi connectivity index (χ4v) is 4.57. The Kier molecular flexibility index (Phi) is 6.58. The number of nitrogens with one attached hydrogen (secondary N) is 1. The Labute approximate surface area is 177 Å². The predicted molar refractivity (Wildman–Crippen MR) is 117 cm³/mol. The second-order valence-electron chi connectivity index (χ2n) is 8.78. The van der Waals surface area contributed by atoms with E-state index in [0.29, 0.717) is 18.8 Å². The van der Waals surface area contributed by atoms with Gasteiger partial charge in [0.2, 0.25) is 11.8 Å². The van der Waals surface area contributed by atoms with Crippen LogP contribution in [0.3, 0.4) is 0 Å². The molecule has 29 heavy (non-hydrogen) atoms. The molecule has 2 heterocycles. The third-order valence-electron chi connectivity index (χ3n) is 4.70. The SMILES string of the molecule is C[C@H]1CN(C(=O)Cn2cc(SCC(=O)NC(C)(C)C)c3ccccc32)C[C@H](C)O1. The zero-order chi connectivity index (χ0) is 21.2. The third-order valence-corrected chi connectivity index (χ3v) is 5.75. The number of hydrogen-bond donors (Lipinski definition) is 1. The van der Waals surface area contributed by atoms with Crippen molar-refractivity contribution in [2.24, 2.45) is 0 Å². The van der Waals surface area contributed by atoms with Crippen molar-refractivity contribution in [1.29, 1.82) is 0 Å². The van der Waals surface area contributed by atoms with E-state index in [-0.39, 0.29) is 36.1 Å². The number of hydrogen-bond acceptors (Lipinski definition) is 4. The lowest BCUT2D eigenvalue weighted by molar-refractivity contribution is -0.143. The van der Waals surface area contributed by atoms with E-state index >= 15 is 0 Å². The second kappa shape index (κ2) is 8.79. The van der Waals surface area contributed by atoms with Crippen LogP contribution < -0.4 is 5.32 Å². The second-order valence-corrected chi connectivity index (χ2v) is 9.80. The zero-order valence-corrected chi connectivity index (χ0v) is 18.7. The number of amides is 2. The number of fused-ring (bicyclic) bond motifs is 1. The van der Waals surface area contributed by atoms with E-state index in [1.807, 2.05) is 74.5 Å². The molecule has 3 rings (SSSR count). The minimum Gasteiger partial charge on any atom is -0.372 e. The number of morpholine rings is 1. The number of rotatable bonds is 5. The molecule has 1 N–H and O–H groups in total. The number of para-hydroxylation sites is 1. The van der Waals surface area contributed by atoms with Gasteiger partial charge >= 0.3 is 0 Å². The molecule has 0 unspecified atom stereocenters. The summed E-state index contributed by atoms with van der Waals surface area (Å²) in [4.78, 5) is 28.0.